The zero-order valence-corrected chi connectivity index (χ0v) is 16.2. The van der Waals surface area contributed by atoms with Gasteiger partial charge in [0.1, 0.15) is 17.0 Å². The molecule has 2 aromatic heterocycles. The minimum atomic E-state index is -0.259. The number of esters is 1. The maximum absolute atomic E-state index is 11.8. The van der Waals surface area contributed by atoms with Crippen LogP contribution in [0.1, 0.15) is 13.3 Å². The summed E-state index contributed by atoms with van der Waals surface area (Å²) < 4.78 is 12.3. The largest absolute Gasteiger partial charge is 0.508 e. The Morgan fingerprint density at radius 1 is 1.28 bits per heavy atom. The number of nitrogens with zero attached hydrogens (tertiary/aromatic N) is 5. The zero-order chi connectivity index (χ0) is 20.2. The highest BCUT2D eigenvalue weighted by molar-refractivity contribution is 5.88. The second kappa shape index (κ2) is 8.44. The number of phenolic OH excluding ortho intramolecular Hbond substituents is 1. The van der Waals surface area contributed by atoms with Gasteiger partial charge in [0, 0.05) is 25.2 Å². The number of imidazole rings is 1. The van der Waals surface area contributed by atoms with E-state index >= 15 is 0 Å². The number of morpholine rings is 1. The SMILES string of the molecule is CCOC(=O)CCn1cnc2c(-c3cccc(O)c3)nc(N3CCOCC3)nc21. The Morgan fingerprint density at radius 3 is 2.86 bits per heavy atom. The first-order valence-electron chi connectivity index (χ1n) is 9.66. The number of anilines is 1. The Kier molecular flexibility index (Phi) is 5.57. The predicted octanol–water partition coefficient (Wildman–Crippen LogP) is 1.99. The van der Waals surface area contributed by atoms with Crippen LogP contribution in [0.2, 0.25) is 0 Å². The van der Waals surface area contributed by atoms with Crippen molar-refractivity contribution >= 4 is 23.1 Å². The minimum absolute atomic E-state index is 0.156. The van der Waals surface area contributed by atoms with Crippen molar-refractivity contribution in [3.8, 4) is 17.0 Å². The van der Waals surface area contributed by atoms with Crippen molar-refractivity contribution in [2.45, 2.75) is 19.9 Å². The van der Waals surface area contributed by atoms with Crippen LogP contribution in [0.15, 0.2) is 30.6 Å². The molecular weight excluding hydrogens is 374 g/mol. The lowest BCUT2D eigenvalue weighted by Crippen LogP contribution is -2.37. The van der Waals surface area contributed by atoms with Crippen LogP contribution in [0.3, 0.4) is 0 Å². The van der Waals surface area contributed by atoms with Crippen LogP contribution < -0.4 is 4.90 Å². The van der Waals surface area contributed by atoms with Gasteiger partial charge in [-0.15, -0.1) is 0 Å². The highest BCUT2D eigenvalue weighted by atomic mass is 16.5. The molecule has 1 aliphatic heterocycles. The van der Waals surface area contributed by atoms with Gasteiger partial charge >= 0.3 is 5.97 Å². The molecule has 0 atom stereocenters. The number of benzene rings is 1. The van der Waals surface area contributed by atoms with Crippen LogP contribution >= 0.6 is 0 Å². The molecule has 1 aromatic carbocycles. The van der Waals surface area contributed by atoms with Gasteiger partial charge in [-0.3, -0.25) is 4.79 Å². The first kappa shape index (κ1) is 19.1. The summed E-state index contributed by atoms with van der Waals surface area (Å²) in [7, 11) is 0. The van der Waals surface area contributed by atoms with Crippen LogP contribution in [0.25, 0.3) is 22.4 Å². The Balaban J connectivity index is 1.77. The number of carbonyl (C=O) groups is 1. The average Bonchev–Trinajstić information content (AvgIpc) is 3.15. The molecule has 3 heterocycles. The lowest BCUT2D eigenvalue weighted by atomic mass is 10.1. The van der Waals surface area contributed by atoms with E-state index in [0.29, 0.717) is 62.3 Å². The number of aromatic hydroxyl groups is 1. The van der Waals surface area contributed by atoms with Gasteiger partial charge in [0.2, 0.25) is 5.95 Å². The molecule has 1 saturated heterocycles. The van der Waals surface area contributed by atoms with Crippen molar-refractivity contribution in [1.82, 2.24) is 19.5 Å². The Morgan fingerprint density at radius 2 is 2.10 bits per heavy atom. The second-order valence-corrected chi connectivity index (χ2v) is 6.69. The summed E-state index contributed by atoms with van der Waals surface area (Å²) in [5.41, 5.74) is 2.66. The molecule has 1 N–H and O–H groups in total. The Hall–Kier alpha value is -3.20. The lowest BCUT2D eigenvalue weighted by molar-refractivity contribution is -0.143. The number of aryl methyl sites for hydroxylation is 1. The third-order valence-electron chi connectivity index (χ3n) is 4.73. The van der Waals surface area contributed by atoms with Gasteiger partial charge in [0.15, 0.2) is 5.65 Å². The molecule has 0 unspecified atom stereocenters. The number of rotatable bonds is 6. The van der Waals surface area contributed by atoms with Crippen molar-refractivity contribution in [3.63, 3.8) is 0 Å². The van der Waals surface area contributed by atoms with Crippen LogP contribution in [-0.4, -0.2) is 63.5 Å². The smallest absolute Gasteiger partial charge is 0.307 e. The first-order chi connectivity index (χ1) is 14.2. The maximum atomic E-state index is 11.8. The molecule has 0 amide bonds. The molecule has 0 radical (unpaired) electrons. The Bertz CT molecular complexity index is 1010. The van der Waals surface area contributed by atoms with E-state index in [4.69, 9.17) is 19.4 Å². The molecule has 4 rings (SSSR count). The number of fused-ring (bicyclic) bond motifs is 1. The number of phenols is 1. The van der Waals surface area contributed by atoms with Gasteiger partial charge in [0.05, 0.1) is 32.6 Å². The van der Waals surface area contributed by atoms with Crippen molar-refractivity contribution in [2.24, 2.45) is 0 Å². The molecule has 3 aromatic rings. The fraction of sp³-hybridized carbons (Fsp3) is 0.400. The fourth-order valence-electron chi connectivity index (χ4n) is 3.30. The van der Waals surface area contributed by atoms with Crippen molar-refractivity contribution in [3.05, 3.63) is 30.6 Å². The first-order valence-corrected chi connectivity index (χ1v) is 9.66. The minimum Gasteiger partial charge on any atom is -0.508 e. The second-order valence-electron chi connectivity index (χ2n) is 6.69. The van der Waals surface area contributed by atoms with E-state index in [2.05, 4.69) is 9.88 Å². The molecule has 9 heteroatoms. The number of carbonyl (C=O) groups excluding carboxylic acids is 1. The standard InChI is InChI=1S/C20H23N5O4/c1-2-29-16(27)6-7-25-13-21-18-17(14-4-3-5-15(26)12-14)22-20(23-19(18)25)24-8-10-28-11-9-24/h3-5,12-13,26H,2,6-11H2,1H3. The summed E-state index contributed by atoms with van der Waals surface area (Å²) in [5, 5.41) is 9.92. The van der Waals surface area contributed by atoms with E-state index in [0.717, 1.165) is 5.56 Å². The lowest BCUT2D eigenvalue weighted by Gasteiger charge is -2.27. The average molecular weight is 397 g/mol. The molecule has 0 bridgehead atoms. The van der Waals surface area contributed by atoms with Crippen LogP contribution in [0.4, 0.5) is 5.95 Å². The van der Waals surface area contributed by atoms with E-state index in [-0.39, 0.29) is 18.1 Å². The quantitative estimate of drug-likeness (QED) is 0.630. The number of hydrogen-bond acceptors (Lipinski definition) is 8. The maximum Gasteiger partial charge on any atom is 0.307 e. The van der Waals surface area contributed by atoms with Gasteiger partial charge in [0.25, 0.3) is 0 Å². The third-order valence-corrected chi connectivity index (χ3v) is 4.73. The molecule has 9 nitrogen and oxygen atoms in total. The molecule has 1 aliphatic rings. The summed E-state index contributed by atoms with van der Waals surface area (Å²) >= 11 is 0. The highest BCUT2D eigenvalue weighted by Gasteiger charge is 2.20. The molecular formula is C20H23N5O4. The number of ether oxygens (including phenoxy) is 2. The van der Waals surface area contributed by atoms with Crippen molar-refractivity contribution < 1.29 is 19.4 Å². The Labute approximate surface area is 167 Å². The third kappa shape index (κ3) is 4.14. The van der Waals surface area contributed by atoms with Crippen LogP contribution in [-0.2, 0) is 20.8 Å². The fourth-order valence-corrected chi connectivity index (χ4v) is 3.30. The topological polar surface area (TPSA) is 103 Å². The summed E-state index contributed by atoms with van der Waals surface area (Å²) in [6, 6.07) is 6.91. The molecule has 0 saturated carbocycles. The van der Waals surface area contributed by atoms with Crippen molar-refractivity contribution in [1.29, 1.82) is 0 Å². The number of hydrogen-bond donors (Lipinski definition) is 1. The van der Waals surface area contributed by atoms with Gasteiger partial charge in [-0.2, -0.15) is 4.98 Å². The van der Waals surface area contributed by atoms with Crippen LogP contribution in [0, 0.1) is 0 Å². The van der Waals surface area contributed by atoms with E-state index in [9.17, 15) is 9.90 Å². The van der Waals surface area contributed by atoms with Gasteiger partial charge in [-0.05, 0) is 19.1 Å². The molecule has 152 valence electrons. The van der Waals surface area contributed by atoms with E-state index in [1.807, 2.05) is 10.6 Å². The number of aromatic nitrogens is 4. The van der Waals surface area contributed by atoms with Gasteiger partial charge in [-0.1, -0.05) is 12.1 Å². The van der Waals surface area contributed by atoms with Gasteiger partial charge in [-0.25, -0.2) is 9.97 Å². The van der Waals surface area contributed by atoms with E-state index in [1.54, 1.807) is 31.5 Å². The van der Waals surface area contributed by atoms with Crippen molar-refractivity contribution in [2.75, 3.05) is 37.8 Å². The summed E-state index contributed by atoms with van der Waals surface area (Å²) in [4.78, 5) is 27.8. The molecule has 0 aliphatic carbocycles. The molecule has 29 heavy (non-hydrogen) atoms. The summed E-state index contributed by atoms with van der Waals surface area (Å²) in [6.45, 7) is 5.18. The normalized spacial score (nSPS) is 14.3. The summed E-state index contributed by atoms with van der Waals surface area (Å²) in [5.74, 6) is 0.478. The monoisotopic (exact) mass is 397 g/mol. The van der Waals surface area contributed by atoms with E-state index in [1.165, 1.54) is 0 Å². The zero-order valence-electron chi connectivity index (χ0n) is 16.2. The highest BCUT2D eigenvalue weighted by Crippen LogP contribution is 2.29. The summed E-state index contributed by atoms with van der Waals surface area (Å²) in [6.07, 6.45) is 1.89. The molecule has 1 fully saturated rings. The predicted molar refractivity (Wildman–Crippen MR) is 107 cm³/mol. The van der Waals surface area contributed by atoms with Crippen LogP contribution in [0.5, 0.6) is 5.75 Å². The molecule has 0 spiro atoms. The van der Waals surface area contributed by atoms with E-state index < -0.39 is 0 Å². The van der Waals surface area contributed by atoms with Gasteiger partial charge < -0.3 is 24.0 Å².